The molecule has 0 spiro atoms. The molecule has 0 radical (unpaired) electrons. The molecule has 9 heteroatoms. The van der Waals surface area contributed by atoms with E-state index in [1.807, 2.05) is 55.5 Å². The van der Waals surface area contributed by atoms with Crippen molar-refractivity contribution in [1.82, 2.24) is 10.1 Å². The Hall–Kier alpha value is -3.01. The molecule has 3 aromatic carbocycles. The normalized spacial score (nSPS) is 12.6. The molecule has 3 rings (SSSR count). The maximum absolute atomic E-state index is 12.8. The van der Waals surface area contributed by atoms with Crippen molar-refractivity contribution in [3.63, 3.8) is 0 Å². The number of carbonyl (C=O) groups excluding carboxylic acids is 1. The van der Waals surface area contributed by atoms with Gasteiger partial charge in [-0.25, -0.2) is 13.8 Å². The van der Waals surface area contributed by atoms with E-state index in [0.717, 1.165) is 15.6 Å². The van der Waals surface area contributed by atoms with Gasteiger partial charge in [-0.1, -0.05) is 77.8 Å². The maximum Gasteiger partial charge on any atom is 0.258 e. The van der Waals surface area contributed by atoms with Crippen LogP contribution >= 0.6 is 15.9 Å². The molecule has 0 heterocycles. The molecule has 35 heavy (non-hydrogen) atoms. The number of carbonyl (C=O) groups is 1. The molecule has 0 aliphatic heterocycles. The van der Waals surface area contributed by atoms with Crippen molar-refractivity contribution in [3.8, 4) is 5.75 Å². The van der Waals surface area contributed by atoms with Crippen molar-refractivity contribution in [2.24, 2.45) is 11.0 Å². The summed E-state index contributed by atoms with van der Waals surface area (Å²) in [6, 6.07) is 20.7. The number of nitrogens with zero attached hydrogens (tertiary/aromatic N) is 1. The Morgan fingerprint density at radius 2 is 1.74 bits per heavy atom. The van der Waals surface area contributed by atoms with Crippen molar-refractivity contribution in [3.05, 3.63) is 94.0 Å². The van der Waals surface area contributed by atoms with E-state index in [0.29, 0.717) is 17.9 Å². The third-order valence-corrected chi connectivity index (χ3v) is 7.10. The Balaban J connectivity index is 1.69. The number of hydrogen-bond donors (Lipinski definition) is 2. The average Bonchev–Trinajstić information content (AvgIpc) is 2.83. The summed E-state index contributed by atoms with van der Waals surface area (Å²) >= 11 is 3.43. The van der Waals surface area contributed by atoms with Gasteiger partial charge < -0.3 is 4.74 Å². The van der Waals surface area contributed by atoms with Gasteiger partial charge >= 0.3 is 0 Å². The number of ether oxygens (including phenoxy) is 1. The molecule has 1 atom stereocenters. The molecule has 3 aromatic rings. The molecular formula is C26H28BrN3O4S. The number of amides is 1. The second kappa shape index (κ2) is 12.1. The molecule has 0 aromatic heterocycles. The Morgan fingerprint density at radius 3 is 2.40 bits per heavy atom. The van der Waals surface area contributed by atoms with Crippen molar-refractivity contribution in [2.45, 2.75) is 38.3 Å². The summed E-state index contributed by atoms with van der Waals surface area (Å²) in [7, 11) is -3.88. The Kier molecular flexibility index (Phi) is 9.20. The van der Waals surface area contributed by atoms with Gasteiger partial charge in [0.05, 0.1) is 11.1 Å². The summed E-state index contributed by atoms with van der Waals surface area (Å²) in [5.74, 6) is -0.273. The predicted molar refractivity (Wildman–Crippen MR) is 141 cm³/mol. The first-order chi connectivity index (χ1) is 16.7. The SMILES string of the molecule is Cc1ccc(S(=O)(=O)N[C@H](C(=O)N/N=C\c2cc(Br)ccc2OCc2ccccc2)C(C)C)cc1. The van der Waals surface area contributed by atoms with Crippen LogP contribution in [-0.2, 0) is 21.4 Å². The molecule has 0 aliphatic rings. The van der Waals surface area contributed by atoms with Crippen LogP contribution in [-0.4, -0.2) is 26.6 Å². The van der Waals surface area contributed by atoms with Crippen molar-refractivity contribution in [1.29, 1.82) is 0 Å². The molecule has 0 unspecified atom stereocenters. The second-order valence-corrected chi connectivity index (χ2v) is 11.0. The Bertz CT molecular complexity index is 1280. The number of aryl methyl sites for hydroxylation is 1. The van der Waals surface area contributed by atoms with Crippen LogP contribution in [0.4, 0.5) is 0 Å². The first kappa shape index (κ1) is 26.6. The molecule has 0 bridgehead atoms. The highest BCUT2D eigenvalue weighted by molar-refractivity contribution is 9.10. The van der Waals surface area contributed by atoms with Gasteiger partial charge in [-0.15, -0.1) is 0 Å². The summed E-state index contributed by atoms with van der Waals surface area (Å²) in [5, 5.41) is 4.06. The van der Waals surface area contributed by atoms with Crippen molar-refractivity contribution in [2.75, 3.05) is 0 Å². The van der Waals surface area contributed by atoms with Gasteiger partial charge in [-0.3, -0.25) is 4.79 Å². The van der Waals surface area contributed by atoms with E-state index >= 15 is 0 Å². The number of benzene rings is 3. The van der Waals surface area contributed by atoms with Crippen LogP contribution in [0.5, 0.6) is 5.75 Å². The molecule has 0 fully saturated rings. The smallest absolute Gasteiger partial charge is 0.258 e. The lowest BCUT2D eigenvalue weighted by Crippen LogP contribution is -2.48. The van der Waals surface area contributed by atoms with Gasteiger partial charge in [0.25, 0.3) is 5.91 Å². The zero-order chi connectivity index (χ0) is 25.4. The number of sulfonamides is 1. The highest BCUT2D eigenvalue weighted by Crippen LogP contribution is 2.23. The number of rotatable bonds is 10. The molecule has 0 saturated carbocycles. The molecule has 0 saturated heterocycles. The maximum atomic E-state index is 12.8. The zero-order valence-electron chi connectivity index (χ0n) is 19.7. The van der Waals surface area contributed by atoms with Crippen molar-refractivity contribution < 1.29 is 17.9 Å². The monoisotopic (exact) mass is 557 g/mol. The third kappa shape index (κ3) is 7.74. The fraction of sp³-hybridized carbons (Fsp3) is 0.231. The van der Waals surface area contributed by atoms with E-state index in [4.69, 9.17) is 4.74 Å². The first-order valence-electron chi connectivity index (χ1n) is 11.0. The minimum atomic E-state index is -3.88. The highest BCUT2D eigenvalue weighted by atomic mass is 79.9. The summed E-state index contributed by atoms with van der Waals surface area (Å²) in [6.45, 7) is 5.77. The minimum absolute atomic E-state index is 0.0967. The van der Waals surface area contributed by atoms with Gasteiger partial charge in [-0.2, -0.15) is 9.82 Å². The molecule has 0 aliphatic carbocycles. The summed E-state index contributed by atoms with van der Waals surface area (Å²) in [5.41, 5.74) is 5.06. The van der Waals surface area contributed by atoms with Crippen LogP contribution in [0, 0.1) is 12.8 Å². The topological polar surface area (TPSA) is 96.9 Å². The second-order valence-electron chi connectivity index (χ2n) is 8.35. The van der Waals surface area contributed by atoms with E-state index in [9.17, 15) is 13.2 Å². The quantitative estimate of drug-likeness (QED) is 0.276. The first-order valence-corrected chi connectivity index (χ1v) is 13.3. The van der Waals surface area contributed by atoms with Gasteiger partial charge in [0.2, 0.25) is 10.0 Å². The average molecular weight is 558 g/mol. The Morgan fingerprint density at radius 1 is 1.06 bits per heavy atom. The van der Waals surface area contributed by atoms with E-state index in [1.165, 1.54) is 18.3 Å². The van der Waals surface area contributed by atoms with E-state index in [-0.39, 0.29) is 10.8 Å². The molecule has 2 N–H and O–H groups in total. The van der Waals surface area contributed by atoms with E-state index in [1.54, 1.807) is 26.0 Å². The van der Waals surface area contributed by atoms with E-state index in [2.05, 4.69) is 31.2 Å². The largest absolute Gasteiger partial charge is 0.488 e. The molecule has 1 amide bonds. The zero-order valence-corrected chi connectivity index (χ0v) is 22.1. The lowest BCUT2D eigenvalue weighted by atomic mass is 10.1. The van der Waals surface area contributed by atoms with Crippen LogP contribution < -0.4 is 14.9 Å². The van der Waals surface area contributed by atoms with Gasteiger partial charge in [0.1, 0.15) is 18.4 Å². The molecule has 7 nitrogen and oxygen atoms in total. The molecular weight excluding hydrogens is 530 g/mol. The number of halogens is 1. The van der Waals surface area contributed by atoms with Gasteiger partial charge in [0, 0.05) is 10.0 Å². The van der Waals surface area contributed by atoms with Crippen LogP contribution in [0.15, 0.2) is 87.3 Å². The predicted octanol–water partition coefficient (Wildman–Crippen LogP) is 4.79. The number of hydrazone groups is 1. The van der Waals surface area contributed by atoms with Gasteiger partial charge in [0.15, 0.2) is 0 Å². The van der Waals surface area contributed by atoms with Crippen LogP contribution in [0.2, 0.25) is 0 Å². The van der Waals surface area contributed by atoms with Gasteiger partial charge in [-0.05, 0) is 48.7 Å². The van der Waals surface area contributed by atoms with Crippen molar-refractivity contribution >= 4 is 38.1 Å². The highest BCUT2D eigenvalue weighted by Gasteiger charge is 2.28. The number of hydrogen-bond acceptors (Lipinski definition) is 5. The van der Waals surface area contributed by atoms with Crippen LogP contribution in [0.3, 0.4) is 0 Å². The summed E-state index contributed by atoms with van der Waals surface area (Å²) < 4.78 is 34.8. The third-order valence-electron chi connectivity index (χ3n) is 5.15. The fourth-order valence-electron chi connectivity index (χ4n) is 3.17. The molecule has 184 valence electrons. The fourth-order valence-corrected chi connectivity index (χ4v) is 4.89. The lowest BCUT2D eigenvalue weighted by Gasteiger charge is -2.20. The summed E-state index contributed by atoms with van der Waals surface area (Å²) in [6.07, 6.45) is 1.47. The van der Waals surface area contributed by atoms with Crippen LogP contribution in [0.1, 0.15) is 30.5 Å². The standard InChI is InChI=1S/C26H28BrN3O4S/c1-18(2)25(30-35(32,33)23-12-9-19(3)10-13-23)26(31)29-28-16-21-15-22(27)11-14-24(21)34-17-20-7-5-4-6-8-20/h4-16,18,25,30H,17H2,1-3H3,(H,29,31)/b28-16-/t25-/m0/s1. The summed E-state index contributed by atoms with van der Waals surface area (Å²) in [4.78, 5) is 12.9. The minimum Gasteiger partial charge on any atom is -0.488 e. The van der Waals surface area contributed by atoms with E-state index < -0.39 is 22.0 Å². The number of nitrogens with one attached hydrogen (secondary N) is 2. The van der Waals surface area contributed by atoms with Crippen LogP contribution in [0.25, 0.3) is 0 Å². The lowest BCUT2D eigenvalue weighted by molar-refractivity contribution is -0.123. The Labute approximate surface area is 214 Å².